The first-order valence-corrected chi connectivity index (χ1v) is 9.72. The number of hydrogen-bond acceptors (Lipinski definition) is 3. The van der Waals surface area contributed by atoms with E-state index in [0.717, 1.165) is 11.3 Å². The molecular weight excluding hydrogens is 404 g/mol. The van der Waals surface area contributed by atoms with E-state index in [1.807, 2.05) is 36.0 Å². The first-order valence-electron chi connectivity index (χ1n) is 7.44. The minimum absolute atomic E-state index is 0.0149. The molecule has 0 unspecified atom stereocenters. The third-order valence-corrected chi connectivity index (χ3v) is 6.05. The molecule has 1 N–H and O–H groups in total. The highest BCUT2D eigenvalue weighted by Gasteiger charge is 2.21. The van der Waals surface area contributed by atoms with Crippen molar-refractivity contribution < 1.29 is 13.2 Å². The van der Waals surface area contributed by atoms with Gasteiger partial charge in [-0.1, -0.05) is 18.2 Å². The van der Waals surface area contributed by atoms with Gasteiger partial charge in [0.05, 0.1) is 0 Å². The van der Waals surface area contributed by atoms with Crippen molar-refractivity contribution in [1.82, 2.24) is 9.29 Å². The molecule has 2 aromatic carbocycles. The van der Waals surface area contributed by atoms with Gasteiger partial charge in [0, 0.05) is 28.1 Å². The van der Waals surface area contributed by atoms with Crippen LogP contribution in [0.3, 0.4) is 0 Å². The summed E-state index contributed by atoms with van der Waals surface area (Å²) in [7, 11) is -3.97. The zero-order chi connectivity index (χ0) is 18.0. The van der Waals surface area contributed by atoms with Crippen LogP contribution in [-0.2, 0) is 10.0 Å². The minimum atomic E-state index is -3.97. The zero-order valence-electron chi connectivity index (χ0n) is 13.3. The van der Waals surface area contributed by atoms with Crippen molar-refractivity contribution in [1.29, 1.82) is 0 Å². The van der Waals surface area contributed by atoms with Crippen molar-refractivity contribution in [3.8, 4) is 5.69 Å². The number of hydrogen-bond donors (Lipinski definition) is 1. The van der Waals surface area contributed by atoms with Gasteiger partial charge in [-0.25, -0.2) is 13.1 Å². The summed E-state index contributed by atoms with van der Waals surface area (Å²) in [6.45, 7) is 1.93. The fourth-order valence-electron chi connectivity index (χ4n) is 2.42. The predicted molar refractivity (Wildman–Crippen MR) is 99.3 cm³/mol. The summed E-state index contributed by atoms with van der Waals surface area (Å²) >= 11 is 3.19. The molecule has 0 spiro atoms. The van der Waals surface area contributed by atoms with E-state index in [-0.39, 0.29) is 10.5 Å². The number of nitrogens with zero attached hydrogens (tertiary/aromatic N) is 1. The van der Waals surface area contributed by atoms with Crippen molar-refractivity contribution in [2.75, 3.05) is 0 Å². The molecule has 0 radical (unpaired) electrons. The van der Waals surface area contributed by atoms with E-state index in [0.29, 0.717) is 4.47 Å². The van der Waals surface area contributed by atoms with E-state index in [1.54, 1.807) is 36.4 Å². The van der Waals surface area contributed by atoms with Gasteiger partial charge in [-0.05, 0) is 64.8 Å². The standard InChI is InChI=1S/C18H15BrN2O3S/c1-13-8-9-14(12-16(13)21-10-4-5-11-21)18(22)20-25(23,24)17-7-3-2-6-15(17)19/h2-12H,1H3,(H,20,22). The molecule has 0 fully saturated rings. The van der Waals surface area contributed by atoms with Gasteiger partial charge in [0.1, 0.15) is 4.90 Å². The molecule has 5 nitrogen and oxygen atoms in total. The predicted octanol–water partition coefficient (Wildman–Crippen LogP) is 3.67. The molecule has 7 heteroatoms. The summed E-state index contributed by atoms with van der Waals surface area (Å²) in [5.74, 6) is -0.677. The number of sulfonamides is 1. The number of rotatable bonds is 4. The average molecular weight is 419 g/mol. The Kier molecular flexibility index (Phi) is 4.78. The molecule has 3 rings (SSSR count). The average Bonchev–Trinajstić information content (AvgIpc) is 3.09. The second-order valence-electron chi connectivity index (χ2n) is 5.46. The molecule has 0 aliphatic heterocycles. The van der Waals surface area contributed by atoms with Crippen LogP contribution in [-0.4, -0.2) is 18.9 Å². The number of carbonyl (C=O) groups excluding carboxylic acids is 1. The lowest BCUT2D eigenvalue weighted by atomic mass is 10.1. The van der Waals surface area contributed by atoms with Crippen LogP contribution >= 0.6 is 15.9 Å². The monoisotopic (exact) mass is 418 g/mol. The number of benzene rings is 2. The van der Waals surface area contributed by atoms with E-state index in [2.05, 4.69) is 20.7 Å². The van der Waals surface area contributed by atoms with Gasteiger partial charge < -0.3 is 4.57 Å². The zero-order valence-corrected chi connectivity index (χ0v) is 15.7. The van der Waals surface area contributed by atoms with Crippen LogP contribution in [0.25, 0.3) is 5.69 Å². The molecule has 0 saturated carbocycles. The number of nitrogens with one attached hydrogen (secondary N) is 1. The summed E-state index contributed by atoms with van der Waals surface area (Å²) in [4.78, 5) is 12.5. The summed E-state index contributed by atoms with van der Waals surface area (Å²) in [6.07, 6.45) is 3.73. The first-order chi connectivity index (χ1) is 11.9. The molecule has 128 valence electrons. The number of amides is 1. The third-order valence-electron chi connectivity index (χ3n) is 3.71. The molecule has 25 heavy (non-hydrogen) atoms. The second kappa shape index (κ2) is 6.85. The number of halogens is 1. The Balaban J connectivity index is 1.92. The Morgan fingerprint density at radius 3 is 2.40 bits per heavy atom. The lowest BCUT2D eigenvalue weighted by Crippen LogP contribution is -2.30. The fourth-order valence-corrected chi connectivity index (χ4v) is 4.40. The number of carbonyl (C=O) groups is 1. The van der Waals surface area contributed by atoms with Crippen molar-refractivity contribution in [3.63, 3.8) is 0 Å². The van der Waals surface area contributed by atoms with Crippen LogP contribution in [0, 0.1) is 6.92 Å². The molecule has 0 atom stereocenters. The molecule has 0 bridgehead atoms. The summed E-state index contributed by atoms with van der Waals surface area (Å²) in [5, 5.41) is 0. The molecule has 0 saturated heterocycles. The van der Waals surface area contributed by atoms with E-state index >= 15 is 0 Å². The van der Waals surface area contributed by atoms with Gasteiger partial charge in [-0.2, -0.15) is 0 Å². The Hall–Kier alpha value is -2.38. The van der Waals surface area contributed by atoms with E-state index in [4.69, 9.17) is 0 Å². The SMILES string of the molecule is Cc1ccc(C(=O)NS(=O)(=O)c2ccccc2Br)cc1-n1cccc1. The van der Waals surface area contributed by atoms with Crippen LogP contribution in [0.2, 0.25) is 0 Å². The lowest BCUT2D eigenvalue weighted by molar-refractivity contribution is 0.0981. The maximum Gasteiger partial charge on any atom is 0.265 e. The second-order valence-corrected chi connectivity index (χ2v) is 7.96. The van der Waals surface area contributed by atoms with Gasteiger partial charge in [0.2, 0.25) is 0 Å². The summed E-state index contributed by atoms with van der Waals surface area (Å²) < 4.78 is 29.3. The summed E-state index contributed by atoms with van der Waals surface area (Å²) in [5.41, 5.74) is 2.06. The number of aromatic nitrogens is 1. The Morgan fingerprint density at radius 2 is 1.72 bits per heavy atom. The first kappa shape index (κ1) is 17.4. The Morgan fingerprint density at radius 1 is 1.04 bits per heavy atom. The highest BCUT2D eigenvalue weighted by molar-refractivity contribution is 9.10. The van der Waals surface area contributed by atoms with Crippen LogP contribution < -0.4 is 4.72 Å². The minimum Gasteiger partial charge on any atom is -0.324 e. The summed E-state index contributed by atoms with van der Waals surface area (Å²) in [6, 6.07) is 15.2. The molecule has 0 aliphatic carbocycles. The van der Waals surface area contributed by atoms with Crippen molar-refractivity contribution in [2.45, 2.75) is 11.8 Å². The van der Waals surface area contributed by atoms with E-state index in [9.17, 15) is 13.2 Å². The highest BCUT2D eigenvalue weighted by Crippen LogP contribution is 2.22. The van der Waals surface area contributed by atoms with E-state index < -0.39 is 15.9 Å². The van der Waals surface area contributed by atoms with Gasteiger partial charge in [-0.15, -0.1) is 0 Å². The topological polar surface area (TPSA) is 68.2 Å². The van der Waals surface area contributed by atoms with Crippen molar-refractivity contribution in [3.05, 3.63) is 82.6 Å². The van der Waals surface area contributed by atoms with Crippen LogP contribution in [0.15, 0.2) is 76.4 Å². The van der Waals surface area contributed by atoms with Crippen LogP contribution in [0.1, 0.15) is 15.9 Å². The molecule has 3 aromatic rings. The van der Waals surface area contributed by atoms with Crippen molar-refractivity contribution >= 4 is 31.9 Å². The van der Waals surface area contributed by atoms with Gasteiger partial charge in [0.25, 0.3) is 15.9 Å². The van der Waals surface area contributed by atoms with Gasteiger partial charge in [-0.3, -0.25) is 4.79 Å². The van der Waals surface area contributed by atoms with Gasteiger partial charge in [0.15, 0.2) is 0 Å². The molecule has 1 heterocycles. The molecule has 1 aromatic heterocycles. The quantitative estimate of drug-likeness (QED) is 0.702. The normalized spacial score (nSPS) is 11.3. The van der Waals surface area contributed by atoms with E-state index in [1.165, 1.54) is 6.07 Å². The largest absolute Gasteiger partial charge is 0.324 e. The molecule has 1 amide bonds. The fraction of sp³-hybridized carbons (Fsp3) is 0.0556. The molecular formula is C18H15BrN2O3S. The van der Waals surface area contributed by atoms with Crippen LogP contribution in [0.4, 0.5) is 0 Å². The van der Waals surface area contributed by atoms with Gasteiger partial charge >= 0.3 is 0 Å². The maximum atomic E-state index is 12.5. The third kappa shape index (κ3) is 3.67. The molecule has 0 aliphatic rings. The van der Waals surface area contributed by atoms with Crippen molar-refractivity contribution in [2.24, 2.45) is 0 Å². The number of aryl methyl sites for hydroxylation is 1. The Labute approximate surface area is 154 Å². The lowest BCUT2D eigenvalue weighted by Gasteiger charge is -2.11. The smallest absolute Gasteiger partial charge is 0.265 e. The van der Waals surface area contributed by atoms with Crippen LogP contribution in [0.5, 0.6) is 0 Å². The highest BCUT2D eigenvalue weighted by atomic mass is 79.9. The Bertz CT molecular complexity index is 1030. The maximum absolute atomic E-state index is 12.5.